The second-order valence-electron chi connectivity index (χ2n) is 7.87. The van der Waals surface area contributed by atoms with E-state index < -0.39 is 5.97 Å². The molecule has 1 aliphatic carbocycles. The lowest BCUT2D eigenvalue weighted by Gasteiger charge is -2.20. The highest BCUT2D eigenvalue weighted by Gasteiger charge is 2.16. The number of benzene rings is 1. The summed E-state index contributed by atoms with van der Waals surface area (Å²) in [5.74, 6) is -0.0323. The van der Waals surface area contributed by atoms with E-state index in [9.17, 15) is 9.59 Å². The van der Waals surface area contributed by atoms with Gasteiger partial charge in [-0.25, -0.2) is 4.79 Å². The smallest absolute Gasteiger partial charge is 0.335 e. The molecule has 1 heterocycles. The second-order valence-corrected chi connectivity index (χ2v) is 8.27. The predicted molar refractivity (Wildman–Crippen MR) is 123 cm³/mol. The lowest BCUT2D eigenvalue weighted by molar-refractivity contribution is -0.132. The lowest BCUT2D eigenvalue weighted by atomic mass is 9.94. The second kappa shape index (κ2) is 9.88. The van der Waals surface area contributed by atoms with Crippen LogP contribution in [0.1, 0.15) is 24.1 Å². The predicted octanol–water partition coefficient (Wildman–Crippen LogP) is 4.43. The quantitative estimate of drug-likeness (QED) is 0.654. The van der Waals surface area contributed by atoms with Crippen LogP contribution in [0.4, 0.5) is 5.69 Å². The first-order valence-electron chi connectivity index (χ1n) is 10.2. The Morgan fingerprint density at radius 1 is 1.32 bits per heavy atom. The molecule has 164 valence electrons. The molecule has 1 aromatic heterocycles. The van der Waals surface area contributed by atoms with Crippen molar-refractivity contribution in [1.29, 1.82) is 0 Å². The molecule has 0 bridgehead atoms. The average molecular weight is 443 g/mol. The van der Waals surface area contributed by atoms with Gasteiger partial charge in [0.05, 0.1) is 11.3 Å². The van der Waals surface area contributed by atoms with Crippen molar-refractivity contribution in [2.45, 2.75) is 32.9 Å². The monoisotopic (exact) mass is 442 g/mol. The number of halogens is 1. The van der Waals surface area contributed by atoms with Crippen LogP contribution in [0.2, 0.25) is 5.02 Å². The van der Waals surface area contributed by atoms with E-state index in [1.54, 1.807) is 22.8 Å². The lowest BCUT2D eigenvalue weighted by Crippen LogP contribution is -2.27. The zero-order valence-electron chi connectivity index (χ0n) is 18.0. The zero-order chi connectivity index (χ0) is 22.5. The number of aliphatic carboxylic acids is 1. The van der Waals surface area contributed by atoms with Crippen LogP contribution in [0.15, 0.2) is 58.9 Å². The van der Waals surface area contributed by atoms with Crippen LogP contribution in [-0.2, 0) is 17.9 Å². The van der Waals surface area contributed by atoms with E-state index in [1.807, 2.05) is 56.3 Å². The summed E-state index contributed by atoms with van der Waals surface area (Å²) in [6, 6.07) is 9.45. The summed E-state index contributed by atoms with van der Waals surface area (Å²) in [7, 11) is 3.93. The fourth-order valence-corrected chi connectivity index (χ4v) is 3.83. The van der Waals surface area contributed by atoms with Crippen LogP contribution < -0.4 is 15.2 Å². The number of ether oxygens (including phenoxy) is 1. The van der Waals surface area contributed by atoms with Crippen LogP contribution in [0.3, 0.4) is 0 Å². The number of hydrogen-bond donors (Lipinski definition) is 1. The molecule has 0 spiro atoms. The topological polar surface area (TPSA) is 71.8 Å². The summed E-state index contributed by atoms with van der Waals surface area (Å²) in [6.07, 6.45) is 6.58. The Balaban J connectivity index is 1.76. The normalized spacial score (nSPS) is 15.5. The summed E-state index contributed by atoms with van der Waals surface area (Å²) in [5, 5.41) is 9.25. The van der Waals surface area contributed by atoms with Crippen molar-refractivity contribution in [3.8, 4) is 5.75 Å². The number of rotatable bonds is 8. The van der Waals surface area contributed by atoms with E-state index in [-0.39, 0.29) is 23.1 Å². The number of carboxylic acid groups (broad SMARTS) is 1. The number of nitrogens with zero attached hydrogens (tertiary/aromatic N) is 2. The Kier molecular flexibility index (Phi) is 7.23. The molecular formula is C24H27ClN2O4. The van der Waals surface area contributed by atoms with Crippen molar-refractivity contribution in [2.75, 3.05) is 19.0 Å². The summed E-state index contributed by atoms with van der Waals surface area (Å²) < 4.78 is 7.69. The number of carbonyl (C=O) groups is 1. The fraction of sp³-hybridized carbons (Fsp3) is 0.333. The number of aromatic nitrogens is 1. The molecule has 1 atom stereocenters. The van der Waals surface area contributed by atoms with E-state index in [0.717, 1.165) is 22.7 Å². The summed E-state index contributed by atoms with van der Waals surface area (Å²) in [4.78, 5) is 25.8. The minimum Gasteiger partial charge on any atom is -0.487 e. The molecule has 0 amide bonds. The number of aryl methyl sites for hydroxylation is 1. The van der Waals surface area contributed by atoms with E-state index in [2.05, 4.69) is 0 Å². The molecule has 0 saturated carbocycles. The number of anilines is 1. The largest absolute Gasteiger partial charge is 0.487 e. The van der Waals surface area contributed by atoms with E-state index >= 15 is 0 Å². The molecule has 1 N–H and O–H groups in total. The fourth-order valence-electron chi connectivity index (χ4n) is 3.56. The third-order valence-corrected chi connectivity index (χ3v) is 5.71. The molecule has 0 saturated heterocycles. The maximum atomic E-state index is 12.8. The van der Waals surface area contributed by atoms with Crippen molar-refractivity contribution < 1.29 is 14.6 Å². The summed E-state index contributed by atoms with van der Waals surface area (Å²) >= 11 is 6.17. The molecule has 0 radical (unpaired) electrons. The average Bonchev–Trinajstić information content (AvgIpc) is 2.75. The molecule has 2 aromatic rings. The number of carboxylic acids is 1. The van der Waals surface area contributed by atoms with Crippen LogP contribution in [0.25, 0.3) is 0 Å². The van der Waals surface area contributed by atoms with Gasteiger partial charge in [-0.15, -0.1) is 0 Å². The minimum atomic E-state index is -0.922. The number of allylic oxidation sites excluding steroid dienone is 2. The molecule has 1 unspecified atom stereocenters. The molecule has 6 nitrogen and oxygen atoms in total. The Bertz CT molecular complexity index is 1090. The Labute approximate surface area is 187 Å². The minimum absolute atomic E-state index is 0.167. The van der Waals surface area contributed by atoms with Gasteiger partial charge in [0.25, 0.3) is 5.56 Å². The van der Waals surface area contributed by atoms with Gasteiger partial charge in [0.15, 0.2) is 0 Å². The molecule has 31 heavy (non-hydrogen) atoms. The van der Waals surface area contributed by atoms with Crippen molar-refractivity contribution in [1.82, 2.24) is 4.57 Å². The van der Waals surface area contributed by atoms with Gasteiger partial charge in [-0.2, -0.15) is 0 Å². The highest BCUT2D eigenvalue weighted by Crippen LogP contribution is 2.23. The first-order valence-corrected chi connectivity index (χ1v) is 10.5. The third-order valence-electron chi connectivity index (χ3n) is 5.44. The van der Waals surface area contributed by atoms with Gasteiger partial charge < -0.3 is 19.3 Å². The molecule has 7 heteroatoms. The van der Waals surface area contributed by atoms with E-state index in [0.29, 0.717) is 25.0 Å². The summed E-state index contributed by atoms with van der Waals surface area (Å²) in [5.41, 5.74) is 2.77. The first kappa shape index (κ1) is 22.7. The van der Waals surface area contributed by atoms with E-state index in [1.165, 1.54) is 0 Å². The number of pyridine rings is 1. The SMILES string of the molecule is Cc1cc(Cl)c(=O)n(CCC2C=CC(C(=O)O)=CC2)c1COc1cccc(N(C)C)c1. The Morgan fingerprint density at radius 3 is 2.74 bits per heavy atom. The molecule has 0 aliphatic heterocycles. The maximum absolute atomic E-state index is 12.8. The van der Waals surface area contributed by atoms with Crippen molar-refractivity contribution in [2.24, 2.45) is 5.92 Å². The van der Waals surface area contributed by atoms with Crippen LogP contribution in [-0.4, -0.2) is 29.7 Å². The molecule has 0 fully saturated rings. The van der Waals surface area contributed by atoms with Gasteiger partial charge in [-0.3, -0.25) is 4.79 Å². The van der Waals surface area contributed by atoms with Gasteiger partial charge in [-0.05, 0) is 49.4 Å². The number of hydrogen-bond acceptors (Lipinski definition) is 4. The van der Waals surface area contributed by atoms with Gasteiger partial charge in [0.1, 0.15) is 17.4 Å². The highest BCUT2D eigenvalue weighted by atomic mass is 35.5. The third kappa shape index (κ3) is 5.58. The van der Waals surface area contributed by atoms with Gasteiger partial charge in [0.2, 0.25) is 0 Å². The Morgan fingerprint density at radius 2 is 2.10 bits per heavy atom. The van der Waals surface area contributed by atoms with Crippen molar-refractivity contribution >= 4 is 23.3 Å². The van der Waals surface area contributed by atoms with Gasteiger partial charge in [0, 0.05) is 32.4 Å². The van der Waals surface area contributed by atoms with Gasteiger partial charge in [-0.1, -0.05) is 35.9 Å². The molecular weight excluding hydrogens is 416 g/mol. The van der Waals surface area contributed by atoms with Crippen molar-refractivity contribution in [3.05, 3.63) is 80.8 Å². The Hall–Kier alpha value is -2.99. The van der Waals surface area contributed by atoms with Gasteiger partial charge >= 0.3 is 5.97 Å². The zero-order valence-corrected chi connectivity index (χ0v) is 18.7. The van der Waals surface area contributed by atoms with Crippen molar-refractivity contribution in [3.63, 3.8) is 0 Å². The first-order chi connectivity index (χ1) is 14.8. The van der Waals surface area contributed by atoms with Crippen LogP contribution in [0.5, 0.6) is 5.75 Å². The van der Waals surface area contributed by atoms with Crippen LogP contribution >= 0.6 is 11.6 Å². The highest BCUT2D eigenvalue weighted by molar-refractivity contribution is 6.30. The standard InChI is InChI=1S/C24H27ClN2O4/c1-16-13-21(25)23(28)27(12-11-17-7-9-18(10-8-17)24(29)30)22(16)15-31-20-6-4-5-19(14-20)26(2)3/h4-7,9-10,13-14,17H,8,11-12,15H2,1-3H3,(H,29,30). The summed E-state index contributed by atoms with van der Waals surface area (Å²) in [6.45, 7) is 2.64. The van der Waals surface area contributed by atoms with Crippen LogP contribution in [0, 0.1) is 12.8 Å². The molecule has 1 aromatic carbocycles. The molecule has 3 rings (SSSR count). The maximum Gasteiger partial charge on any atom is 0.335 e. The van der Waals surface area contributed by atoms with E-state index in [4.69, 9.17) is 21.4 Å². The molecule has 1 aliphatic rings.